The molecule has 0 aliphatic heterocycles. The Kier molecular flexibility index (Phi) is 3.48. The minimum atomic E-state index is -3.85. The summed E-state index contributed by atoms with van der Waals surface area (Å²) >= 11 is 0. The maximum atomic E-state index is 12.1. The quantitative estimate of drug-likeness (QED) is 0.691. The third kappa shape index (κ3) is 2.88. The van der Waals surface area contributed by atoms with Crippen molar-refractivity contribution in [2.75, 3.05) is 5.73 Å². The summed E-state index contributed by atoms with van der Waals surface area (Å²) in [6.07, 6.45) is 0. The average Bonchev–Trinajstić information content (AvgIpc) is 2.35. The molecular weight excluding hydrogens is 262 g/mol. The Hall–Kier alpha value is -2.01. The molecule has 4 nitrogen and oxygen atoms in total. The van der Waals surface area contributed by atoms with Gasteiger partial charge in [0.15, 0.2) is 5.75 Å². The summed E-state index contributed by atoms with van der Waals surface area (Å²) in [6.45, 7) is 3.68. The van der Waals surface area contributed by atoms with Crippen LogP contribution in [0.2, 0.25) is 0 Å². The summed E-state index contributed by atoms with van der Waals surface area (Å²) in [6, 6.07) is 11.5. The monoisotopic (exact) mass is 277 g/mol. The summed E-state index contributed by atoms with van der Waals surface area (Å²) in [5.74, 6) is 0.153. The van der Waals surface area contributed by atoms with Crippen LogP contribution in [0.4, 0.5) is 5.69 Å². The highest BCUT2D eigenvalue weighted by atomic mass is 32.2. The fourth-order valence-electron chi connectivity index (χ4n) is 1.60. The van der Waals surface area contributed by atoms with Crippen molar-refractivity contribution in [3.05, 3.63) is 53.6 Å². The minimum Gasteiger partial charge on any atom is -0.395 e. The number of nitrogens with two attached hydrogens (primary N) is 1. The molecule has 2 aromatic rings. The molecule has 0 bridgehead atoms. The van der Waals surface area contributed by atoms with Crippen molar-refractivity contribution in [3.8, 4) is 5.75 Å². The third-order valence-corrected chi connectivity index (χ3v) is 4.04. The molecule has 0 saturated heterocycles. The Balaban J connectivity index is 2.36. The van der Waals surface area contributed by atoms with Gasteiger partial charge in [0.1, 0.15) is 4.90 Å². The molecule has 100 valence electrons. The van der Waals surface area contributed by atoms with Gasteiger partial charge in [0.05, 0.1) is 5.69 Å². The van der Waals surface area contributed by atoms with Crippen LogP contribution in [0.25, 0.3) is 0 Å². The fraction of sp³-hybridized carbons (Fsp3) is 0.143. The molecule has 0 atom stereocenters. The van der Waals surface area contributed by atoms with E-state index in [1.54, 1.807) is 31.2 Å². The maximum Gasteiger partial charge on any atom is 0.339 e. The van der Waals surface area contributed by atoms with Gasteiger partial charge in [-0.1, -0.05) is 29.8 Å². The van der Waals surface area contributed by atoms with Gasteiger partial charge in [-0.05, 0) is 37.6 Å². The van der Waals surface area contributed by atoms with E-state index in [0.29, 0.717) is 5.69 Å². The van der Waals surface area contributed by atoms with Gasteiger partial charge in [0, 0.05) is 0 Å². The smallest absolute Gasteiger partial charge is 0.339 e. The number of hydrogen-bond acceptors (Lipinski definition) is 4. The molecule has 0 saturated carbocycles. The number of benzene rings is 2. The molecule has 2 aromatic carbocycles. The lowest BCUT2D eigenvalue weighted by Gasteiger charge is -2.10. The highest BCUT2D eigenvalue weighted by Gasteiger charge is 2.18. The number of para-hydroxylation sites is 1. The molecule has 0 amide bonds. The Bertz CT molecular complexity index is 691. The molecule has 0 spiro atoms. The van der Waals surface area contributed by atoms with Gasteiger partial charge in [-0.15, -0.1) is 0 Å². The first kappa shape index (κ1) is 13.4. The summed E-state index contributed by atoms with van der Waals surface area (Å²) in [4.78, 5) is 0.110. The van der Waals surface area contributed by atoms with Gasteiger partial charge in [-0.3, -0.25) is 0 Å². The van der Waals surface area contributed by atoms with E-state index >= 15 is 0 Å². The van der Waals surface area contributed by atoms with E-state index in [-0.39, 0.29) is 10.6 Å². The second kappa shape index (κ2) is 4.93. The molecule has 0 heterocycles. The van der Waals surface area contributed by atoms with E-state index in [1.165, 1.54) is 18.2 Å². The van der Waals surface area contributed by atoms with Crippen LogP contribution in [0.3, 0.4) is 0 Å². The lowest BCUT2D eigenvalue weighted by molar-refractivity contribution is 0.487. The molecule has 0 aromatic heterocycles. The van der Waals surface area contributed by atoms with Gasteiger partial charge in [-0.2, -0.15) is 8.42 Å². The van der Waals surface area contributed by atoms with Crippen molar-refractivity contribution < 1.29 is 12.6 Å². The van der Waals surface area contributed by atoms with Crippen molar-refractivity contribution in [3.63, 3.8) is 0 Å². The Morgan fingerprint density at radius 1 is 1.00 bits per heavy atom. The van der Waals surface area contributed by atoms with Gasteiger partial charge in [-0.25, -0.2) is 0 Å². The molecule has 2 N–H and O–H groups in total. The summed E-state index contributed by atoms with van der Waals surface area (Å²) in [7, 11) is -3.85. The second-order valence-corrected chi connectivity index (χ2v) is 5.88. The molecule has 0 fully saturated rings. The van der Waals surface area contributed by atoms with Crippen molar-refractivity contribution in [1.29, 1.82) is 0 Å². The predicted molar refractivity (Wildman–Crippen MR) is 74.6 cm³/mol. The van der Waals surface area contributed by atoms with Gasteiger partial charge < -0.3 is 9.92 Å². The normalized spacial score (nSPS) is 11.3. The van der Waals surface area contributed by atoms with Crippen LogP contribution in [0.15, 0.2) is 47.4 Å². The Morgan fingerprint density at radius 2 is 1.63 bits per heavy atom. The van der Waals surface area contributed by atoms with Gasteiger partial charge in [0.25, 0.3) is 0 Å². The van der Waals surface area contributed by atoms with E-state index in [1.807, 2.05) is 6.92 Å². The second-order valence-electron chi connectivity index (χ2n) is 4.34. The Morgan fingerprint density at radius 3 is 2.26 bits per heavy atom. The lowest BCUT2D eigenvalue weighted by atomic mass is 10.2. The van der Waals surface area contributed by atoms with Crippen LogP contribution in [-0.2, 0) is 10.1 Å². The summed E-state index contributed by atoms with van der Waals surface area (Å²) < 4.78 is 29.3. The standard InChI is InChI=1S/C14H15NO3S/c1-10-6-8-12(9-7-10)19(16,17)18-13-5-3-4-11(2)14(13)15/h3-9H,15H2,1-2H3. The molecule has 5 heteroatoms. The SMILES string of the molecule is Cc1ccc(S(=O)(=O)Oc2cccc(C)c2N)cc1. The highest BCUT2D eigenvalue weighted by molar-refractivity contribution is 7.87. The van der Waals surface area contributed by atoms with E-state index in [0.717, 1.165) is 11.1 Å². The number of nitrogen functional groups attached to an aromatic ring is 1. The molecule has 0 radical (unpaired) electrons. The third-order valence-electron chi connectivity index (χ3n) is 2.79. The molecule has 2 rings (SSSR count). The van der Waals surface area contributed by atoms with Crippen molar-refractivity contribution in [2.24, 2.45) is 0 Å². The lowest BCUT2D eigenvalue weighted by Crippen LogP contribution is -2.11. The van der Waals surface area contributed by atoms with Crippen molar-refractivity contribution >= 4 is 15.8 Å². The molecular formula is C14H15NO3S. The van der Waals surface area contributed by atoms with Crippen LogP contribution in [0.1, 0.15) is 11.1 Å². The first-order valence-electron chi connectivity index (χ1n) is 5.76. The maximum absolute atomic E-state index is 12.1. The minimum absolute atomic E-state index is 0.110. The zero-order chi connectivity index (χ0) is 14.0. The average molecular weight is 277 g/mol. The van der Waals surface area contributed by atoms with Gasteiger partial charge in [0.2, 0.25) is 0 Å². The molecule has 0 aliphatic carbocycles. The summed E-state index contributed by atoms with van der Waals surface area (Å²) in [5, 5.41) is 0. The molecule has 0 aliphatic rings. The van der Waals surface area contributed by atoms with Crippen molar-refractivity contribution in [2.45, 2.75) is 18.7 Å². The summed E-state index contributed by atoms with van der Waals surface area (Å²) in [5.41, 5.74) is 7.89. The Labute approximate surface area is 113 Å². The van der Waals surface area contributed by atoms with Gasteiger partial charge >= 0.3 is 10.1 Å². The van der Waals surface area contributed by atoms with Crippen molar-refractivity contribution in [1.82, 2.24) is 0 Å². The van der Waals surface area contributed by atoms with E-state index in [2.05, 4.69) is 0 Å². The zero-order valence-electron chi connectivity index (χ0n) is 10.8. The first-order chi connectivity index (χ1) is 8.90. The number of hydrogen-bond donors (Lipinski definition) is 1. The van der Waals surface area contributed by atoms with E-state index in [9.17, 15) is 8.42 Å². The van der Waals surface area contributed by atoms with Crippen LogP contribution < -0.4 is 9.92 Å². The predicted octanol–water partition coefficient (Wildman–Crippen LogP) is 2.65. The van der Waals surface area contributed by atoms with Crippen LogP contribution in [0.5, 0.6) is 5.75 Å². The number of anilines is 1. The molecule has 0 unspecified atom stereocenters. The number of rotatable bonds is 3. The molecule has 19 heavy (non-hydrogen) atoms. The van der Waals surface area contributed by atoms with E-state index in [4.69, 9.17) is 9.92 Å². The van der Waals surface area contributed by atoms with E-state index < -0.39 is 10.1 Å². The largest absolute Gasteiger partial charge is 0.395 e. The van der Waals surface area contributed by atoms with Crippen LogP contribution in [0, 0.1) is 13.8 Å². The first-order valence-corrected chi connectivity index (χ1v) is 7.17. The fourth-order valence-corrected chi connectivity index (χ4v) is 2.55. The zero-order valence-corrected chi connectivity index (χ0v) is 11.6. The highest BCUT2D eigenvalue weighted by Crippen LogP contribution is 2.27. The van der Waals surface area contributed by atoms with Crippen LogP contribution >= 0.6 is 0 Å². The topological polar surface area (TPSA) is 69.4 Å². The number of aryl methyl sites for hydroxylation is 2. The van der Waals surface area contributed by atoms with Crippen LogP contribution in [-0.4, -0.2) is 8.42 Å².